The third-order valence-corrected chi connectivity index (χ3v) is 8.09. The van der Waals surface area contributed by atoms with E-state index in [0.717, 1.165) is 51.4 Å². The standard InChI is InChI=1S/C36H69NO4/c1-3-5-7-9-11-13-15-17-18-19-21-23-25-27-29-31-35(40)37-33(32-38)36(41)34(39)30-28-26-24-22-20-16-14-12-10-8-6-4-2/h13,15,17-18,33-34,36,38-39,41H,3-12,14,16,19-32H2,1-2H3,(H,37,40). The molecule has 41 heavy (non-hydrogen) atoms. The Balaban J connectivity index is 3.75. The zero-order valence-corrected chi connectivity index (χ0v) is 27.2. The van der Waals surface area contributed by atoms with Gasteiger partial charge in [0.25, 0.3) is 0 Å². The number of hydrogen-bond donors (Lipinski definition) is 4. The van der Waals surface area contributed by atoms with Crippen molar-refractivity contribution in [2.45, 2.75) is 193 Å². The molecule has 0 fully saturated rings. The second kappa shape index (κ2) is 31.8. The smallest absolute Gasteiger partial charge is 0.220 e. The minimum Gasteiger partial charge on any atom is -0.394 e. The molecule has 0 bridgehead atoms. The molecule has 1 amide bonds. The van der Waals surface area contributed by atoms with E-state index in [1.54, 1.807) is 0 Å². The topological polar surface area (TPSA) is 89.8 Å². The van der Waals surface area contributed by atoms with Gasteiger partial charge in [0.1, 0.15) is 6.10 Å². The average Bonchev–Trinajstić information content (AvgIpc) is 2.97. The zero-order chi connectivity index (χ0) is 30.2. The van der Waals surface area contributed by atoms with E-state index in [2.05, 4.69) is 43.5 Å². The summed E-state index contributed by atoms with van der Waals surface area (Å²) >= 11 is 0. The number of aliphatic hydroxyl groups is 3. The first-order chi connectivity index (χ1) is 20.1. The lowest BCUT2D eigenvalue weighted by Gasteiger charge is -2.26. The first-order valence-corrected chi connectivity index (χ1v) is 17.6. The lowest BCUT2D eigenvalue weighted by molar-refractivity contribution is -0.124. The molecule has 0 aliphatic rings. The first kappa shape index (κ1) is 39.8. The van der Waals surface area contributed by atoms with Gasteiger partial charge in [-0.1, -0.05) is 154 Å². The van der Waals surface area contributed by atoms with Crippen LogP contribution in [0, 0.1) is 0 Å². The Labute approximate surface area is 254 Å². The molecule has 5 heteroatoms. The molecule has 3 unspecified atom stereocenters. The van der Waals surface area contributed by atoms with Crippen LogP contribution in [0.15, 0.2) is 24.3 Å². The summed E-state index contributed by atoms with van der Waals surface area (Å²) in [5.74, 6) is -0.162. The molecule has 0 saturated carbocycles. The van der Waals surface area contributed by atoms with E-state index in [9.17, 15) is 20.1 Å². The van der Waals surface area contributed by atoms with E-state index in [1.807, 2.05) is 0 Å². The van der Waals surface area contributed by atoms with Gasteiger partial charge in [-0.15, -0.1) is 0 Å². The Morgan fingerprint density at radius 3 is 1.51 bits per heavy atom. The molecule has 0 aromatic rings. The highest BCUT2D eigenvalue weighted by atomic mass is 16.3. The van der Waals surface area contributed by atoms with Gasteiger partial charge < -0.3 is 20.6 Å². The minimum atomic E-state index is -1.14. The largest absolute Gasteiger partial charge is 0.394 e. The third-order valence-electron chi connectivity index (χ3n) is 8.09. The maximum Gasteiger partial charge on any atom is 0.220 e. The van der Waals surface area contributed by atoms with Gasteiger partial charge in [0.2, 0.25) is 5.91 Å². The van der Waals surface area contributed by atoms with Crippen molar-refractivity contribution in [2.75, 3.05) is 6.61 Å². The summed E-state index contributed by atoms with van der Waals surface area (Å²) in [6.07, 6.45) is 35.4. The number of rotatable bonds is 31. The van der Waals surface area contributed by atoms with Crippen LogP contribution in [-0.4, -0.2) is 46.1 Å². The second-order valence-electron chi connectivity index (χ2n) is 12.1. The van der Waals surface area contributed by atoms with Crippen LogP contribution in [-0.2, 0) is 4.79 Å². The van der Waals surface area contributed by atoms with E-state index in [-0.39, 0.29) is 12.5 Å². The lowest BCUT2D eigenvalue weighted by atomic mass is 9.99. The summed E-state index contributed by atoms with van der Waals surface area (Å²) < 4.78 is 0. The van der Waals surface area contributed by atoms with Crippen molar-refractivity contribution in [3.8, 4) is 0 Å². The van der Waals surface area contributed by atoms with Gasteiger partial charge in [-0.25, -0.2) is 0 Å². The highest BCUT2D eigenvalue weighted by Crippen LogP contribution is 2.15. The first-order valence-electron chi connectivity index (χ1n) is 17.6. The molecule has 0 spiro atoms. The minimum absolute atomic E-state index is 0.162. The van der Waals surface area contributed by atoms with E-state index in [1.165, 1.54) is 96.3 Å². The molecule has 242 valence electrons. The fourth-order valence-electron chi connectivity index (χ4n) is 5.27. The van der Waals surface area contributed by atoms with Crippen molar-refractivity contribution in [3.05, 3.63) is 24.3 Å². The van der Waals surface area contributed by atoms with Crippen LogP contribution in [0.2, 0.25) is 0 Å². The van der Waals surface area contributed by atoms with E-state index in [4.69, 9.17) is 0 Å². The number of carbonyl (C=O) groups is 1. The highest BCUT2D eigenvalue weighted by molar-refractivity contribution is 5.76. The Hall–Kier alpha value is -1.17. The van der Waals surface area contributed by atoms with Gasteiger partial charge in [-0.05, 0) is 38.5 Å². The molecule has 0 heterocycles. The SMILES string of the molecule is CCCCCCC=CC=CCCCCCCCC(=O)NC(CO)C(O)C(O)CCCCCCCCCCCCCC. The molecule has 0 aliphatic carbocycles. The monoisotopic (exact) mass is 580 g/mol. The average molecular weight is 580 g/mol. The van der Waals surface area contributed by atoms with Gasteiger partial charge in [-0.2, -0.15) is 0 Å². The van der Waals surface area contributed by atoms with Gasteiger partial charge in [0, 0.05) is 6.42 Å². The zero-order valence-electron chi connectivity index (χ0n) is 27.2. The normalized spacial score (nSPS) is 14.2. The molecule has 0 aromatic carbocycles. The number of hydrogen-bond acceptors (Lipinski definition) is 4. The molecule has 0 radical (unpaired) electrons. The summed E-state index contributed by atoms with van der Waals surface area (Å²) in [5, 5.41) is 33.3. The van der Waals surface area contributed by atoms with E-state index in [0.29, 0.717) is 12.8 Å². The van der Waals surface area contributed by atoms with Crippen LogP contribution >= 0.6 is 0 Å². The molecule has 3 atom stereocenters. The quantitative estimate of drug-likeness (QED) is 0.0487. The maximum atomic E-state index is 12.3. The molecular formula is C36H69NO4. The van der Waals surface area contributed by atoms with Crippen LogP contribution in [0.3, 0.4) is 0 Å². The number of carbonyl (C=O) groups excluding carboxylic acids is 1. The van der Waals surface area contributed by atoms with Crippen molar-refractivity contribution in [1.82, 2.24) is 5.32 Å². The lowest BCUT2D eigenvalue weighted by Crippen LogP contribution is -2.50. The second-order valence-corrected chi connectivity index (χ2v) is 12.1. The molecule has 0 rings (SSSR count). The molecular weight excluding hydrogens is 510 g/mol. The van der Waals surface area contributed by atoms with Gasteiger partial charge in [0.15, 0.2) is 0 Å². The molecule has 4 N–H and O–H groups in total. The molecule has 0 aliphatic heterocycles. The van der Waals surface area contributed by atoms with Crippen LogP contribution in [0.4, 0.5) is 0 Å². The molecule has 0 aromatic heterocycles. The maximum absolute atomic E-state index is 12.3. The van der Waals surface area contributed by atoms with E-state index >= 15 is 0 Å². The Morgan fingerprint density at radius 1 is 0.610 bits per heavy atom. The van der Waals surface area contributed by atoms with Crippen molar-refractivity contribution >= 4 is 5.91 Å². The fraction of sp³-hybridized carbons (Fsp3) is 0.861. The van der Waals surface area contributed by atoms with Gasteiger partial charge in [0.05, 0.1) is 18.8 Å². The third kappa shape index (κ3) is 27.4. The number of amides is 1. The van der Waals surface area contributed by atoms with Crippen LogP contribution in [0.5, 0.6) is 0 Å². The van der Waals surface area contributed by atoms with Gasteiger partial charge in [-0.3, -0.25) is 4.79 Å². The Bertz CT molecular complexity index is 606. The Morgan fingerprint density at radius 2 is 1.02 bits per heavy atom. The number of nitrogens with one attached hydrogen (secondary N) is 1. The highest BCUT2D eigenvalue weighted by Gasteiger charge is 2.26. The van der Waals surface area contributed by atoms with Crippen LogP contribution < -0.4 is 5.32 Å². The van der Waals surface area contributed by atoms with Crippen molar-refractivity contribution in [3.63, 3.8) is 0 Å². The molecule has 0 saturated heterocycles. The summed E-state index contributed by atoms with van der Waals surface area (Å²) in [4.78, 5) is 12.3. The number of unbranched alkanes of at least 4 members (excludes halogenated alkanes) is 20. The number of aliphatic hydroxyl groups excluding tert-OH is 3. The predicted molar refractivity (Wildman–Crippen MR) is 176 cm³/mol. The summed E-state index contributed by atoms with van der Waals surface area (Å²) in [6.45, 7) is 4.12. The Kier molecular flexibility index (Phi) is 30.9. The number of allylic oxidation sites excluding steroid dienone is 4. The van der Waals surface area contributed by atoms with Gasteiger partial charge >= 0.3 is 0 Å². The van der Waals surface area contributed by atoms with Crippen molar-refractivity contribution in [2.24, 2.45) is 0 Å². The van der Waals surface area contributed by atoms with E-state index < -0.39 is 18.2 Å². The van der Waals surface area contributed by atoms with Crippen molar-refractivity contribution in [1.29, 1.82) is 0 Å². The summed E-state index contributed by atoms with van der Waals surface area (Å²) in [7, 11) is 0. The van der Waals surface area contributed by atoms with Crippen LogP contribution in [0.1, 0.15) is 174 Å². The van der Waals surface area contributed by atoms with Crippen molar-refractivity contribution < 1.29 is 20.1 Å². The van der Waals surface area contributed by atoms with Crippen LogP contribution in [0.25, 0.3) is 0 Å². The summed E-state index contributed by atoms with van der Waals surface area (Å²) in [5.41, 5.74) is 0. The fourth-order valence-corrected chi connectivity index (χ4v) is 5.27. The summed E-state index contributed by atoms with van der Waals surface area (Å²) in [6, 6.07) is -0.813. The predicted octanol–water partition coefficient (Wildman–Crippen LogP) is 9.09. The molecule has 5 nitrogen and oxygen atoms in total.